The Bertz CT molecular complexity index is 1380. The maximum Gasteiger partial charge on any atom is 0.573 e. The second kappa shape index (κ2) is 10.3. The van der Waals surface area contributed by atoms with Crippen molar-refractivity contribution < 1.29 is 22.7 Å². The molecule has 0 saturated carbocycles. The number of benzene rings is 3. The van der Waals surface area contributed by atoms with E-state index in [1.807, 2.05) is 37.3 Å². The third-order valence-electron chi connectivity index (χ3n) is 6.30. The molecule has 0 atom stereocenters. The monoisotopic (exact) mass is 508 g/mol. The van der Waals surface area contributed by atoms with Crippen molar-refractivity contribution in [3.63, 3.8) is 0 Å². The van der Waals surface area contributed by atoms with Gasteiger partial charge in [-0.3, -0.25) is 4.79 Å². The molecule has 194 valence electrons. The molecule has 0 aliphatic carbocycles. The zero-order valence-corrected chi connectivity index (χ0v) is 21.4. The van der Waals surface area contributed by atoms with Gasteiger partial charge < -0.3 is 14.6 Å². The summed E-state index contributed by atoms with van der Waals surface area (Å²) in [6.07, 6.45) is -4.38. The van der Waals surface area contributed by atoms with Crippen molar-refractivity contribution in [2.75, 3.05) is 6.54 Å². The lowest BCUT2D eigenvalue weighted by molar-refractivity contribution is -0.274. The second-order valence-corrected chi connectivity index (χ2v) is 10.3. The standard InChI is InChI=1S/C30H31F3N2O2/c1-20-17-23-8-6-10-26(27(23)34-20)28(36)35(19-22-11-13-24(14-12-22)29(2,3)4)16-15-21-7-5-9-25(18-21)37-30(31,32)33/h5-14,17-18,34H,15-16,19H2,1-4H3. The van der Waals surface area contributed by atoms with E-state index in [1.54, 1.807) is 17.0 Å². The van der Waals surface area contributed by atoms with Crippen molar-refractivity contribution in [2.24, 2.45) is 0 Å². The molecule has 1 amide bonds. The van der Waals surface area contributed by atoms with E-state index in [2.05, 4.69) is 42.6 Å². The molecule has 37 heavy (non-hydrogen) atoms. The summed E-state index contributed by atoms with van der Waals surface area (Å²) in [5.74, 6) is -0.415. The fourth-order valence-corrected chi connectivity index (χ4v) is 4.39. The molecular formula is C30H31F3N2O2. The number of aromatic amines is 1. The molecule has 1 aromatic heterocycles. The highest BCUT2D eigenvalue weighted by Crippen LogP contribution is 2.26. The molecule has 1 N–H and O–H groups in total. The average molecular weight is 509 g/mol. The molecule has 0 aliphatic heterocycles. The smallest absolute Gasteiger partial charge is 0.406 e. The summed E-state index contributed by atoms with van der Waals surface area (Å²) in [6.45, 7) is 9.08. The SMILES string of the molecule is Cc1cc2cccc(C(=O)N(CCc3cccc(OC(F)(F)F)c3)Cc3ccc(C(C)(C)C)cc3)c2[nH]1. The summed E-state index contributed by atoms with van der Waals surface area (Å²) < 4.78 is 42.1. The number of para-hydroxylation sites is 1. The van der Waals surface area contributed by atoms with Gasteiger partial charge in [0, 0.05) is 24.2 Å². The number of ether oxygens (including phenoxy) is 1. The van der Waals surface area contributed by atoms with Gasteiger partial charge in [0.25, 0.3) is 5.91 Å². The van der Waals surface area contributed by atoms with E-state index < -0.39 is 6.36 Å². The van der Waals surface area contributed by atoms with Crippen molar-refractivity contribution in [1.82, 2.24) is 9.88 Å². The summed E-state index contributed by atoms with van der Waals surface area (Å²) in [5.41, 5.74) is 5.13. The van der Waals surface area contributed by atoms with Gasteiger partial charge in [-0.1, -0.05) is 69.3 Å². The quantitative estimate of drug-likeness (QED) is 0.280. The first-order chi connectivity index (χ1) is 17.4. The molecule has 0 bridgehead atoms. The number of fused-ring (bicyclic) bond motifs is 1. The minimum atomic E-state index is -4.76. The first kappa shape index (κ1) is 26.3. The van der Waals surface area contributed by atoms with Gasteiger partial charge in [-0.2, -0.15) is 0 Å². The fraction of sp³-hybridized carbons (Fsp3) is 0.300. The zero-order valence-electron chi connectivity index (χ0n) is 21.4. The van der Waals surface area contributed by atoms with E-state index in [1.165, 1.54) is 23.8 Å². The summed E-state index contributed by atoms with van der Waals surface area (Å²) in [7, 11) is 0. The molecule has 4 rings (SSSR count). The van der Waals surface area contributed by atoms with E-state index in [9.17, 15) is 18.0 Å². The molecule has 0 aliphatic rings. The second-order valence-electron chi connectivity index (χ2n) is 10.3. The maximum absolute atomic E-state index is 13.8. The lowest BCUT2D eigenvalue weighted by atomic mass is 9.87. The average Bonchev–Trinajstić information content (AvgIpc) is 3.20. The van der Waals surface area contributed by atoms with Crippen LogP contribution in [-0.4, -0.2) is 28.7 Å². The van der Waals surface area contributed by atoms with Crippen LogP contribution in [-0.2, 0) is 18.4 Å². The Morgan fingerprint density at radius 2 is 1.62 bits per heavy atom. The summed E-state index contributed by atoms with van der Waals surface area (Å²) in [4.78, 5) is 18.8. The lowest BCUT2D eigenvalue weighted by Gasteiger charge is -2.25. The number of nitrogens with one attached hydrogen (secondary N) is 1. The minimum Gasteiger partial charge on any atom is -0.406 e. The van der Waals surface area contributed by atoms with Crippen LogP contribution in [0, 0.1) is 6.92 Å². The number of hydrogen-bond donors (Lipinski definition) is 1. The molecule has 0 unspecified atom stereocenters. The lowest BCUT2D eigenvalue weighted by Crippen LogP contribution is -2.32. The Kier molecular flexibility index (Phi) is 7.35. The Morgan fingerprint density at radius 3 is 2.30 bits per heavy atom. The highest BCUT2D eigenvalue weighted by Gasteiger charge is 2.31. The number of aromatic nitrogens is 1. The number of alkyl halides is 3. The molecule has 0 radical (unpaired) electrons. The number of hydrogen-bond acceptors (Lipinski definition) is 2. The number of H-pyrrole nitrogens is 1. The van der Waals surface area contributed by atoms with Crippen LogP contribution >= 0.6 is 0 Å². The summed E-state index contributed by atoms with van der Waals surface area (Å²) in [5, 5.41) is 0.954. The van der Waals surface area contributed by atoms with E-state index in [-0.39, 0.29) is 17.1 Å². The highest BCUT2D eigenvalue weighted by atomic mass is 19.4. The number of carbonyl (C=O) groups excluding carboxylic acids is 1. The van der Waals surface area contributed by atoms with Crippen molar-refractivity contribution in [1.29, 1.82) is 0 Å². The van der Waals surface area contributed by atoms with E-state index >= 15 is 0 Å². The predicted molar refractivity (Wildman–Crippen MR) is 140 cm³/mol. The van der Waals surface area contributed by atoms with Crippen LogP contribution in [0.3, 0.4) is 0 Å². The van der Waals surface area contributed by atoms with Crippen LogP contribution in [0.2, 0.25) is 0 Å². The minimum absolute atomic E-state index is 0.0126. The fourth-order valence-electron chi connectivity index (χ4n) is 4.39. The zero-order chi connectivity index (χ0) is 26.8. The van der Waals surface area contributed by atoms with Gasteiger partial charge in [0.15, 0.2) is 0 Å². The molecule has 0 fully saturated rings. The van der Waals surface area contributed by atoms with Crippen LogP contribution in [0.15, 0.2) is 72.8 Å². The molecule has 7 heteroatoms. The topological polar surface area (TPSA) is 45.3 Å². The van der Waals surface area contributed by atoms with Gasteiger partial charge in [-0.15, -0.1) is 13.2 Å². The van der Waals surface area contributed by atoms with Crippen molar-refractivity contribution in [3.8, 4) is 5.75 Å². The number of carbonyl (C=O) groups is 1. The van der Waals surface area contributed by atoms with E-state index in [0.29, 0.717) is 30.6 Å². The molecule has 4 aromatic rings. The van der Waals surface area contributed by atoms with Gasteiger partial charge in [0.1, 0.15) is 5.75 Å². The largest absolute Gasteiger partial charge is 0.573 e. The van der Waals surface area contributed by atoms with Crippen LogP contribution < -0.4 is 4.74 Å². The third-order valence-corrected chi connectivity index (χ3v) is 6.30. The third kappa shape index (κ3) is 6.73. The Morgan fingerprint density at radius 1 is 0.919 bits per heavy atom. The number of rotatable bonds is 7. The van der Waals surface area contributed by atoms with Crippen LogP contribution in [0.5, 0.6) is 5.75 Å². The van der Waals surface area contributed by atoms with Gasteiger partial charge in [0.2, 0.25) is 0 Å². The Hall–Kier alpha value is -3.74. The van der Waals surface area contributed by atoms with Gasteiger partial charge in [0.05, 0.1) is 11.1 Å². The van der Waals surface area contributed by atoms with Crippen molar-refractivity contribution in [2.45, 2.75) is 52.4 Å². The highest BCUT2D eigenvalue weighted by molar-refractivity contribution is 6.05. The first-order valence-electron chi connectivity index (χ1n) is 12.2. The first-order valence-corrected chi connectivity index (χ1v) is 12.2. The summed E-state index contributed by atoms with van der Waals surface area (Å²) >= 11 is 0. The van der Waals surface area contributed by atoms with Crippen LogP contribution in [0.1, 0.15) is 53.5 Å². The molecular weight excluding hydrogens is 477 g/mol. The van der Waals surface area contributed by atoms with Gasteiger partial charge in [-0.25, -0.2) is 0 Å². The molecule has 0 saturated heterocycles. The van der Waals surface area contributed by atoms with Gasteiger partial charge in [-0.05, 0) is 59.7 Å². The Balaban J connectivity index is 1.61. The number of aryl methyl sites for hydroxylation is 1. The number of halogens is 3. The van der Waals surface area contributed by atoms with Gasteiger partial charge >= 0.3 is 6.36 Å². The normalized spacial score (nSPS) is 12.1. The predicted octanol–water partition coefficient (Wildman–Crippen LogP) is 7.56. The molecule has 4 nitrogen and oxygen atoms in total. The van der Waals surface area contributed by atoms with Crippen molar-refractivity contribution in [3.05, 3.63) is 101 Å². The molecule has 1 heterocycles. The van der Waals surface area contributed by atoms with Crippen LogP contribution in [0.4, 0.5) is 13.2 Å². The van der Waals surface area contributed by atoms with E-state index in [4.69, 9.17) is 0 Å². The van der Waals surface area contributed by atoms with Crippen molar-refractivity contribution >= 4 is 16.8 Å². The summed E-state index contributed by atoms with van der Waals surface area (Å²) in [6, 6.07) is 21.7. The maximum atomic E-state index is 13.8. The Labute approximate surface area is 215 Å². The van der Waals surface area contributed by atoms with E-state index in [0.717, 1.165) is 22.2 Å². The molecule has 3 aromatic carbocycles. The number of nitrogens with zero attached hydrogens (tertiary/aromatic N) is 1. The molecule has 0 spiro atoms. The van der Waals surface area contributed by atoms with Crippen LogP contribution in [0.25, 0.3) is 10.9 Å². The number of amides is 1.